The number of imidazole rings is 1. The molecule has 8 nitrogen and oxygen atoms in total. The Morgan fingerprint density at radius 2 is 1.75 bits per heavy atom. The maximum atomic E-state index is 9.68. The van der Waals surface area contributed by atoms with E-state index in [0.29, 0.717) is 23.3 Å². The second kappa shape index (κ2) is 7.84. The molecule has 0 atom stereocenters. The molecule has 2 heterocycles. The van der Waals surface area contributed by atoms with Gasteiger partial charge in [-0.3, -0.25) is 0 Å². The van der Waals surface area contributed by atoms with E-state index in [4.69, 9.17) is 19.3 Å². The van der Waals surface area contributed by atoms with Gasteiger partial charge in [0.05, 0.1) is 39.3 Å². The summed E-state index contributed by atoms with van der Waals surface area (Å²) in [5.41, 5.74) is 1.72. The van der Waals surface area contributed by atoms with Gasteiger partial charge in [-0.15, -0.1) is 5.10 Å². The number of anilines is 1. The van der Waals surface area contributed by atoms with Crippen molar-refractivity contribution in [1.29, 1.82) is 0 Å². The number of benzene rings is 1. The Bertz CT molecular complexity index is 937. The molecule has 1 saturated carbocycles. The molecule has 0 aliphatic heterocycles. The SMILES string of the molecule is COc1cc(-c2cnc3sc(N[C@H]4CC[C@H](O)CC4)nn23)cc(OC)c1OC. The van der Waals surface area contributed by atoms with Crippen molar-refractivity contribution >= 4 is 21.4 Å². The van der Waals surface area contributed by atoms with Crippen LogP contribution in [0.2, 0.25) is 0 Å². The molecule has 1 aromatic carbocycles. The highest BCUT2D eigenvalue weighted by Gasteiger charge is 2.22. The van der Waals surface area contributed by atoms with E-state index in [-0.39, 0.29) is 6.10 Å². The van der Waals surface area contributed by atoms with Gasteiger partial charge in [-0.25, -0.2) is 9.50 Å². The summed E-state index contributed by atoms with van der Waals surface area (Å²) >= 11 is 1.51. The van der Waals surface area contributed by atoms with Crippen molar-refractivity contribution in [2.75, 3.05) is 26.6 Å². The van der Waals surface area contributed by atoms with Crippen LogP contribution in [0.3, 0.4) is 0 Å². The van der Waals surface area contributed by atoms with Gasteiger partial charge in [0.2, 0.25) is 15.8 Å². The summed E-state index contributed by atoms with van der Waals surface area (Å²) in [5, 5.41) is 18.7. The Morgan fingerprint density at radius 3 is 2.36 bits per heavy atom. The molecular formula is C19H24N4O4S. The van der Waals surface area contributed by atoms with Crippen molar-refractivity contribution in [1.82, 2.24) is 14.6 Å². The number of nitrogens with zero attached hydrogens (tertiary/aromatic N) is 3. The van der Waals surface area contributed by atoms with Gasteiger partial charge in [-0.05, 0) is 37.8 Å². The Kier molecular flexibility index (Phi) is 5.27. The molecular weight excluding hydrogens is 380 g/mol. The van der Waals surface area contributed by atoms with Gasteiger partial charge in [0.25, 0.3) is 0 Å². The fourth-order valence-corrected chi connectivity index (χ4v) is 4.42. The average molecular weight is 404 g/mol. The number of aromatic nitrogens is 3. The van der Waals surface area contributed by atoms with Gasteiger partial charge in [0.1, 0.15) is 0 Å². The molecule has 3 aromatic rings. The zero-order valence-electron chi connectivity index (χ0n) is 16.1. The third-order valence-electron chi connectivity index (χ3n) is 5.07. The van der Waals surface area contributed by atoms with E-state index >= 15 is 0 Å². The first-order chi connectivity index (χ1) is 13.6. The van der Waals surface area contributed by atoms with Crippen LogP contribution in [0.15, 0.2) is 18.3 Å². The van der Waals surface area contributed by atoms with Crippen LogP contribution >= 0.6 is 11.3 Å². The van der Waals surface area contributed by atoms with Crippen LogP contribution in [0, 0.1) is 0 Å². The first kappa shape index (κ1) is 18.8. The van der Waals surface area contributed by atoms with Crippen molar-refractivity contribution in [2.24, 2.45) is 0 Å². The molecule has 0 saturated heterocycles. The lowest BCUT2D eigenvalue weighted by Gasteiger charge is -2.25. The lowest BCUT2D eigenvalue weighted by atomic mass is 9.93. The van der Waals surface area contributed by atoms with Gasteiger partial charge in [0, 0.05) is 11.6 Å². The summed E-state index contributed by atoms with van der Waals surface area (Å²) in [4.78, 5) is 5.31. The molecule has 0 unspecified atom stereocenters. The lowest BCUT2D eigenvalue weighted by Crippen LogP contribution is -2.28. The quantitative estimate of drug-likeness (QED) is 0.652. The van der Waals surface area contributed by atoms with Crippen molar-refractivity contribution < 1.29 is 19.3 Å². The minimum Gasteiger partial charge on any atom is -0.493 e. The number of aliphatic hydroxyl groups excluding tert-OH is 1. The number of hydrogen-bond acceptors (Lipinski definition) is 8. The molecule has 0 radical (unpaired) electrons. The van der Waals surface area contributed by atoms with E-state index in [0.717, 1.165) is 47.0 Å². The van der Waals surface area contributed by atoms with Gasteiger partial charge in [-0.1, -0.05) is 11.3 Å². The number of ether oxygens (including phenoxy) is 3. The van der Waals surface area contributed by atoms with Gasteiger partial charge < -0.3 is 24.6 Å². The van der Waals surface area contributed by atoms with E-state index in [1.54, 1.807) is 27.5 Å². The average Bonchev–Trinajstić information content (AvgIpc) is 3.28. The molecule has 0 bridgehead atoms. The van der Waals surface area contributed by atoms with Crippen molar-refractivity contribution in [3.63, 3.8) is 0 Å². The molecule has 2 N–H and O–H groups in total. The minimum absolute atomic E-state index is 0.168. The maximum absolute atomic E-state index is 9.68. The summed E-state index contributed by atoms with van der Waals surface area (Å²) in [7, 11) is 4.78. The molecule has 1 aliphatic rings. The molecule has 0 spiro atoms. The third kappa shape index (κ3) is 3.47. The standard InChI is InChI=1S/C19H24N4O4S/c1-25-15-8-11(9-16(26-2)17(15)27-3)14-10-20-19-23(14)22-18(28-19)21-12-4-6-13(24)7-5-12/h8-10,12-13,24H,4-7H2,1-3H3,(H,21,22)/t12-,13-. The molecule has 4 rings (SSSR count). The number of rotatable bonds is 6. The zero-order valence-corrected chi connectivity index (χ0v) is 17.0. The number of nitrogens with one attached hydrogen (secondary N) is 1. The maximum Gasteiger partial charge on any atom is 0.214 e. The highest BCUT2D eigenvalue weighted by atomic mass is 32.1. The normalized spacial score (nSPS) is 19.6. The predicted octanol–water partition coefficient (Wildman–Crippen LogP) is 3.20. The van der Waals surface area contributed by atoms with Crippen molar-refractivity contribution in [2.45, 2.75) is 37.8 Å². The number of aliphatic hydroxyl groups is 1. The van der Waals surface area contributed by atoms with E-state index < -0.39 is 0 Å². The summed E-state index contributed by atoms with van der Waals surface area (Å²) in [6.07, 6.45) is 5.18. The Morgan fingerprint density at radius 1 is 1.07 bits per heavy atom. The summed E-state index contributed by atoms with van der Waals surface area (Å²) < 4.78 is 18.1. The summed E-state index contributed by atoms with van der Waals surface area (Å²) in [6.45, 7) is 0. The Hall–Kier alpha value is -2.52. The number of fused-ring (bicyclic) bond motifs is 1. The van der Waals surface area contributed by atoms with Crippen LogP contribution in [0.4, 0.5) is 5.13 Å². The van der Waals surface area contributed by atoms with Crippen LogP contribution < -0.4 is 19.5 Å². The molecule has 1 aliphatic carbocycles. The van der Waals surface area contributed by atoms with E-state index in [1.807, 2.05) is 16.6 Å². The first-order valence-corrected chi connectivity index (χ1v) is 10.0. The van der Waals surface area contributed by atoms with Crippen LogP contribution in [-0.4, -0.2) is 53.2 Å². The van der Waals surface area contributed by atoms with Crippen LogP contribution in [0.1, 0.15) is 25.7 Å². The fourth-order valence-electron chi connectivity index (χ4n) is 3.57. The monoisotopic (exact) mass is 404 g/mol. The molecule has 28 heavy (non-hydrogen) atoms. The lowest BCUT2D eigenvalue weighted by molar-refractivity contribution is 0.126. The van der Waals surface area contributed by atoms with Crippen LogP contribution in [-0.2, 0) is 0 Å². The topological polar surface area (TPSA) is 90.1 Å². The largest absolute Gasteiger partial charge is 0.493 e. The number of hydrogen-bond donors (Lipinski definition) is 2. The molecule has 0 amide bonds. The van der Waals surface area contributed by atoms with Crippen molar-refractivity contribution in [3.05, 3.63) is 18.3 Å². The predicted molar refractivity (Wildman–Crippen MR) is 108 cm³/mol. The summed E-state index contributed by atoms with van der Waals surface area (Å²) in [6, 6.07) is 4.11. The third-order valence-corrected chi connectivity index (χ3v) is 5.92. The molecule has 2 aromatic heterocycles. The second-order valence-electron chi connectivity index (χ2n) is 6.81. The van der Waals surface area contributed by atoms with E-state index in [1.165, 1.54) is 11.3 Å². The molecule has 150 valence electrons. The molecule has 1 fully saturated rings. The smallest absolute Gasteiger partial charge is 0.214 e. The first-order valence-electron chi connectivity index (χ1n) is 9.22. The highest BCUT2D eigenvalue weighted by Crippen LogP contribution is 2.41. The van der Waals surface area contributed by atoms with Crippen LogP contribution in [0.5, 0.6) is 17.2 Å². The fraction of sp³-hybridized carbons (Fsp3) is 0.474. The van der Waals surface area contributed by atoms with E-state index in [9.17, 15) is 5.11 Å². The highest BCUT2D eigenvalue weighted by molar-refractivity contribution is 7.20. The van der Waals surface area contributed by atoms with Crippen LogP contribution in [0.25, 0.3) is 16.2 Å². The Labute approximate surface area is 167 Å². The Balaban J connectivity index is 1.65. The van der Waals surface area contributed by atoms with Gasteiger partial charge in [0.15, 0.2) is 11.5 Å². The number of methoxy groups -OCH3 is 3. The van der Waals surface area contributed by atoms with Gasteiger partial charge >= 0.3 is 0 Å². The second-order valence-corrected chi connectivity index (χ2v) is 7.76. The molecule has 9 heteroatoms. The van der Waals surface area contributed by atoms with Crippen molar-refractivity contribution in [3.8, 4) is 28.5 Å². The minimum atomic E-state index is -0.168. The zero-order chi connectivity index (χ0) is 19.7. The summed E-state index contributed by atoms with van der Waals surface area (Å²) in [5.74, 6) is 1.72. The van der Waals surface area contributed by atoms with E-state index in [2.05, 4.69) is 10.3 Å². The van der Waals surface area contributed by atoms with Gasteiger partial charge in [-0.2, -0.15) is 0 Å².